The molecule has 0 saturated carbocycles. The Hall–Kier alpha value is -7.28. The fourth-order valence-electron chi connectivity index (χ4n) is 8.89. The fraction of sp³-hybridized carbons (Fsp3) is 0.111. The topological polar surface area (TPSA) is 38.1 Å². The highest BCUT2D eigenvalue weighted by molar-refractivity contribution is 6.11. The van der Waals surface area contributed by atoms with Crippen molar-refractivity contribution in [3.05, 3.63) is 192 Å². The van der Waals surface area contributed by atoms with E-state index in [-0.39, 0.29) is 22.3 Å². The molecule has 3 saturated heterocycles. The van der Waals surface area contributed by atoms with Gasteiger partial charge in [-0.25, -0.2) is 35.1 Å². The van der Waals surface area contributed by atoms with Gasteiger partial charge >= 0.3 is 0 Å². The maximum atomic E-state index is 14.2. The molecule has 5 heterocycles. The summed E-state index contributed by atoms with van der Waals surface area (Å²) in [6.07, 6.45) is 0. The third-order valence-corrected chi connectivity index (χ3v) is 12.4. The van der Waals surface area contributed by atoms with Crippen molar-refractivity contribution in [2.75, 3.05) is 39.3 Å². The Kier molecular flexibility index (Phi) is 11.4. The lowest BCUT2D eigenvalue weighted by Gasteiger charge is -2.41. The molecule has 0 atom stereocenters. The van der Waals surface area contributed by atoms with Crippen LogP contribution in [0.1, 0.15) is 0 Å². The van der Waals surface area contributed by atoms with E-state index < -0.39 is 46.5 Å². The standard InChI is InChI=1S/2C24H13F4N.C6H12N2/c2*25-19-5-1-3-15(23(19)27)13-7-9-21-17(11-13)18-12-14(8-10-22(18)29-21)16-4-2-6-20(26)24(16)28;1-2-8-5-3-7(1)4-6-8/h2*1-12,29H;1-6H2. The highest BCUT2D eigenvalue weighted by atomic mass is 19.2. The van der Waals surface area contributed by atoms with Gasteiger partial charge in [-0.15, -0.1) is 0 Å². The molecule has 0 aliphatic carbocycles. The molecular weight excluding hydrogens is 857 g/mol. The molecule has 2 N–H and O–H groups in total. The van der Waals surface area contributed by atoms with Crippen LogP contribution in [0.4, 0.5) is 35.1 Å². The van der Waals surface area contributed by atoms with Gasteiger partial charge in [0, 0.05) is 105 Å². The summed E-state index contributed by atoms with van der Waals surface area (Å²) < 4.78 is 111. The molecule has 0 spiro atoms. The van der Waals surface area contributed by atoms with Crippen molar-refractivity contribution in [2.24, 2.45) is 0 Å². The zero-order valence-electron chi connectivity index (χ0n) is 35.0. The molecule has 66 heavy (non-hydrogen) atoms. The molecule has 4 nitrogen and oxygen atoms in total. The summed E-state index contributed by atoms with van der Waals surface area (Å²) >= 11 is 0. The van der Waals surface area contributed by atoms with E-state index in [1.54, 1.807) is 72.8 Å². The number of fused-ring (bicyclic) bond motifs is 9. The van der Waals surface area contributed by atoms with Gasteiger partial charge < -0.3 is 9.97 Å². The molecular formula is C54H38F8N4. The van der Waals surface area contributed by atoms with Crippen LogP contribution < -0.4 is 0 Å². The Morgan fingerprint density at radius 2 is 0.515 bits per heavy atom. The second kappa shape index (κ2) is 17.6. The summed E-state index contributed by atoms with van der Waals surface area (Å²) in [5.41, 5.74) is 5.96. The van der Waals surface area contributed by atoms with Crippen LogP contribution in [0.5, 0.6) is 0 Å². The zero-order chi connectivity index (χ0) is 45.6. The number of piperazine rings is 3. The fourth-order valence-corrected chi connectivity index (χ4v) is 8.89. The van der Waals surface area contributed by atoms with Crippen molar-refractivity contribution < 1.29 is 35.1 Å². The SMILES string of the molecule is C1CN2CCN1CC2.Fc1cccc(-c2ccc3[nH]c4ccc(-c5cccc(F)c5F)cc4c3c2)c1F.Fc1cccc(-c2ccc3[nH]c4ccc(-c5cccc(F)c5F)cc4c3c2)c1F. The quantitative estimate of drug-likeness (QED) is 0.173. The van der Waals surface area contributed by atoms with Crippen LogP contribution in [-0.4, -0.2) is 59.0 Å². The minimum absolute atomic E-state index is 0.161. The van der Waals surface area contributed by atoms with E-state index in [0.29, 0.717) is 22.3 Å². The minimum atomic E-state index is -0.912. The normalized spacial score (nSPS) is 15.5. The number of aromatic amines is 2. The lowest BCUT2D eigenvalue weighted by atomic mass is 9.99. The minimum Gasteiger partial charge on any atom is -0.355 e. The monoisotopic (exact) mass is 894 g/mol. The van der Waals surface area contributed by atoms with Crippen molar-refractivity contribution >= 4 is 43.6 Å². The van der Waals surface area contributed by atoms with E-state index >= 15 is 0 Å². The molecule has 0 radical (unpaired) electrons. The van der Waals surface area contributed by atoms with Crippen LogP contribution in [0.15, 0.2) is 146 Å². The predicted molar refractivity (Wildman–Crippen MR) is 246 cm³/mol. The van der Waals surface area contributed by atoms with Gasteiger partial charge in [0.25, 0.3) is 0 Å². The van der Waals surface area contributed by atoms with Gasteiger partial charge in [-0.3, -0.25) is 9.80 Å². The van der Waals surface area contributed by atoms with E-state index in [1.165, 1.54) is 87.8 Å². The molecule has 13 rings (SSSR count). The highest BCUT2D eigenvalue weighted by Crippen LogP contribution is 2.37. The van der Waals surface area contributed by atoms with Crippen molar-refractivity contribution in [1.82, 2.24) is 19.8 Å². The van der Waals surface area contributed by atoms with Crippen LogP contribution in [-0.2, 0) is 0 Å². The van der Waals surface area contributed by atoms with Gasteiger partial charge in [0.2, 0.25) is 0 Å². The second-order valence-electron chi connectivity index (χ2n) is 16.4. The lowest BCUT2D eigenvalue weighted by molar-refractivity contribution is 0.0647. The second-order valence-corrected chi connectivity index (χ2v) is 16.4. The third kappa shape index (κ3) is 8.07. The number of halogens is 8. The maximum Gasteiger partial charge on any atom is 0.166 e. The Morgan fingerprint density at radius 1 is 0.288 bits per heavy atom. The van der Waals surface area contributed by atoms with Crippen LogP contribution in [0.3, 0.4) is 0 Å². The van der Waals surface area contributed by atoms with E-state index in [1.807, 2.05) is 0 Å². The van der Waals surface area contributed by atoms with Crippen molar-refractivity contribution in [3.8, 4) is 44.5 Å². The molecule has 8 aromatic carbocycles. The predicted octanol–water partition coefficient (Wildman–Crippen LogP) is 14.0. The number of hydrogen-bond acceptors (Lipinski definition) is 2. The third-order valence-electron chi connectivity index (χ3n) is 12.4. The molecule has 3 fully saturated rings. The molecule has 3 aliphatic heterocycles. The first kappa shape index (κ1) is 42.7. The van der Waals surface area contributed by atoms with E-state index in [9.17, 15) is 35.1 Å². The summed E-state index contributed by atoms with van der Waals surface area (Å²) in [6, 6.07) is 37.2. The van der Waals surface area contributed by atoms with Gasteiger partial charge in [-0.1, -0.05) is 72.8 Å². The number of rotatable bonds is 4. The Morgan fingerprint density at radius 3 is 0.727 bits per heavy atom. The molecule has 10 aromatic rings. The highest BCUT2D eigenvalue weighted by Gasteiger charge is 2.22. The number of nitrogens with zero attached hydrogens (tertiary/aromatic N) is 2. The van der Waals surface area contributed by atoms with Gasteiger partial charge in [0.05, 0.1) is 0 Å². The summed E-state index contributed by atoms with van der Waals surface area (Å²) in [5, 5.41) is 3.11. The average molecular weight is 895 g/mol. The zero-order valence-corrected chi connectivity index (χ0v) is 35.0. The van der Waals surface area contributed by atoms with Crippen LogP contribution >= 0.6 is 0 Å². The first-order valence-corrected chi connectivity index (χ1v) is 21.3. The van der Waals surface area contributed by atoms with Gasteiger partial charge in [-0.05, 0) is 95.1 Å². The first-order valence-electron chi connectivity index (χ1n) is 21.3. The van der Waals surface area contributed by atoms with Gasteiger partial charge in [0.1, 0.15) is 0 Å². The van der Waals surface area contributed by atoms with Gasteiger partial charge in [0.15, 0.2) is 46.5 Å². The Labute approximate surface area is 373 Å². The summed E-state index contributed by atoms with van der Waals surface area (Å²) in [7, 11) is 0. The number of hydrogen-bond donors (Lipinski definition) is 2. The van der Waals surface area contributed by atoms with E-state index in [0.717, 1.165) is 67.9 Å². The summed E-state index contributed by atoms with van der Waals surface area (Å²) in [4.78, 5) is 11.6. The molecule has 3 aliphatic rings. The summed E-state index contributed by atoms with van der Waals surface area (Å²) in [6.45, 7) is 7.92. The number of aromatic nitrogens is 2. The van der Waals surface area contributed by atoms with Crippen molar-refractivity contribution in [3.63, 3.8) is 0 Å². The average Bonchev–Trinajstić information content (AvgIpc) is 3.90. The molecule has 0 unspecified atom stereocenters. The van der Waals surface area contributed by atoms with Crippen molar-refractivity contribution in [1.29, 1.82) is 0 Å². The molecule has 2 aromatic heterocycles. The van der Waals surface area contributed by atoms with E-state index in [2.05, 4.69) is 19.8 Å². The van der Waals surface area contributed by atoms with Gasteiger partial charge in [-0.2, -0.15) is 0 Å². The largest absolute Gasteiger partial charge is 0.355 e. The molecule has 12 heteroatoms. The smallest absolute Gasteiger partial charge is 0.166 e. The molecule has 330 valence electrons. The summed E-state index contributed by atoms with van der Waals surface area (Å²) in [5.74, 6) is -7.28. The molecule has 2 bridgehead atoms. The van der Waals surface area contributed by atoms with Crippen LogP contribution in [0.2, 0.25) is 0 Å². The van der Waals surface area contributed by atoms with Crippen LogP contribution in [0, 0.1) is 46.5 Å². The van der Waals surface area contributed by atoms with Crippen molar-refractivity contribution in [2.45, 2.75) is 0 Å². The lowest BCUT2D eigenvalue weighted by Crippen LogP contribution is -2.55. The maximum absolute atomic E-state index is 14.2. The van der Waals surface area contributed by atoms with Crippen LogP contribution in [0.25, 0.3) is 88.1 Å². The Balaban J connectivity index is 0.000000132. The number of benzene rings is 8. The van der Waals surface area contributed by atoms with E-state index in [4.69, 9.17) is 0 Å². The number of H-pyrrole nitrogens is 2. The molecule has 0 amide bonds. The Bertz CT molecular complexity index is 3010. The number of nitrogens with one attached hydrogen (secondary N) is 2. The first-order chi connectivity index (χ1) is 32.0.